The van der Waals surface area contributed by atoms with Crippen LogP contribution in [0.3, 0.4) is 0 Å². The third kappa shape index (κ3) is 6.68. The highest BCUT2D eigenvalue weighted by Crippen LogP contribution is 2.15. The van der Waals surface area contributed by atoms with Crippen molar-refractivity contribution in [3.05, 3.63) is 35.4 Å². The van der Waals surface area contributed by atoms with Crippen LogP contribution in [0.5, 0.6) is 0 Å². The molecule has 0 radical (unpaired) electrons. The van der Waals surface area contributed by atoms with Crippen molar-refractivity contribution in [2.45, 2.75) is 45.9 Å². The molecule has 2 amide bonds. The number of ether oxygens (including phenoxy) is 1. The normalized spacial score (nSPS) is 21.0. The molecule has 1 aromatic carbocycles. The van der Waals surface area contributed by atoms with Crippen molar-refractivity contribution in [1.29, 1.82) is 0 Å². The number of rotatable bonds is 8. The lowest BCUT2D eigenvalue weighted by atomic mass is 10.0. The number of benzene rings is 1. The van der Waals surface area contributed by atoms with E-state index in [9.17, 15) is 26.8 Å². The van der Waals surface area contributed by atoms with Crippen LogP contribution in [0.15, 0.2) is 18.2 Å². The Labute approximate surface area is 181 Å². The predicted octanol–water partition coefficient (Wildman–Crippen LogP) is 1.27. The van der Waals surface area contributed by atoms with E-state index in [2.05, 4.69) is 10.6 Å². The average molecular weight is 462 g/mol. The lowest BCUT2D eigenvalue weighted by molar-refractivity contribution is -0.123. The summed E-state index contributed by atoms with van der Waals surface area (Å²) in [5.41, 5.74) is -0.779. The second-order valence-corrected chi connectivity index (χ2v) is 10.1. The number of hydrogen-bond acceptors (Lipinski definition) is 5. The van der Waals surface area contributed by atoms with Crippen LogP contribution >= 0.6 is 0 Å². The van der Waals surface area contributed by atoms with Gasteiger partial charge >= 0.3 is 0 Å². The number of halogens is 2. The molecule has 1 aromatic rings. The summed E-state index contributed by atoms with van der Waals surface area (Å²) in [5.74, 6) is -4.51. The number of hydrogen-bond donors (Lipinski definition) is 2. The van der Waals surface area contributed by atoms with E-state index in [4.69, 9.17) is 4.74 Å². The number of morpholine rings is 1. The molecule has 0 spiro atoms. The van der Waals surface area contributed by atoms with Gasteiger partial charge in [0.15, 0.2) is 0 Å². The van der Waals surface area contributed by atoms with Crippen molar-refractivity contribution >= 4 is 21.8 Å². The largest absolute Gasteiger partial charge is 0.373 e. The van der Waals surface area contributed by atoms with E-state index in [0.717, 1.165) is 18.2 Å². The van der Waals surface area contributed by atoms with Crippen molar-refractivity contribution < 1.29 is 31.5 Å². The van der Waals surface area contributed by atoms with Crippen molar-refractivity contribution in [1.82, 2.24) is 14.9 Å². The van der Waals surface area contributed by atoms with Crippen molar-refractivity contribution in [3.63, 3.8) is 0 Å². The summed E-state index contributed by atoms with van der Waals surface area (Å²) in [4.78, 5) is 24.9. The summed E-state index contributed by atoms with van der Waals surface area (Å²) >= 11 is 0. The molecule has 2 N–H and O–H groups in total. The maximum Gasteiger partial charge on any atom is 0.257 e. The molecule has 8 nitrogen and oxygen atoms in total. The highest BCUT2D eigenvalue weighted by atomic mass is 32.2. The Morgan fingerprint density at radius 2 is 1.71 bits per heavy atom. The van der Waals surface area contributed by atoms with Crippen molar-refractivity contribution in [3.8, 4) is 0 Å². The number of nitrogens with zero attached hydrogens (tertiary/aromatic N) is 1. The van der Waals surface area contributed by atoms with Gasteiger partial charge in [0.2, 0.25) is 15.9 Å². The smallest absolute Gasteiger partial charge is 0.257 e. The molecule has 0 bridgehead atoms. The van der Waals surface area contributed by atoms with Gasteiger partial charge in [0.05, 0.1) is 18.0 Å². The van der Waals surface area contributed by atoms with Crippen LogP contribution in [-0.4, -0.2) is 68.2 Å². The topological polar surface area (TPSA) is 105 Å². The quantitative estimate of drug-likeness (QED) is 0.607. The molecule has 2 rings (SSSR count). The Morgan fingerprint density at radius 1 is 1.16 bits per heavy atom. The van der Waals surface area contributed by atoms with E-state index < -0.39 is 51.0 Å². The van der Waals surface area contributed by atoms with E-state index in [1.807, 2.05) is 0 Å². The third-order valence-corrected chi connectivity index (χ3v) is 6.67. The molecule has 1 aliphatic rings. The Morgan fingerprint density at radius 3 is 2.23 bits per heavy atom. The molecule has 0 aliphatic carbocycles. The molecule has 174 valence electrons. The lowest BCUT2D eigenvalue weighted by Gasteiger charge is -2.34. The van der Waals surface area contributed by atoms with E-state index in [-0.39, 0.29) is 37.6 Å². The molecule has 1 saturated heterocycles. The van der Waals surface area contributed by atoms with E-state index >= 15 is 0 Å². The third-order valence-electron chi connectivity index (χ3n) is 4.86. The predicted molar refractivity (Wildman–Crippen MR) is 111 cm³/mol. The highest BCUT2D eigenvalue weighted by Gasteiger charge is 2.31. The van der Waals surface area contributed by atoms with Crippen LogP contribution in [0.2, 0.25) is 0 Å². The molecule has 0 aromatic heterocycles. The zero-order valence-electron chi connectivity index (χ0n) is 18.0. The Bertz CT molecular complexity index is 880. The number of nitrogens with one attached hydrogen (secondary N) is 2. The number of amides is 2. The molecule has 1 aliphatic heterocycles. The van der Waals surface area contributed by atoms with Crippen LogP contribution in [0.25, 0.3) is 0 Å². The fourth-order valence-electron chi connectivity index (χ4n) is 3.36. The Kier molecular flexibility index (Phi) is 8.49. The van der Waals surface area contributed by atoms with Crippen LogP contribution in [0.4, 0.5) is 8.78 Å². The maximum atomic E-state index is 13.8. The van der Waals surface area contributed by atoms with Crippen LogP contribution < -0.4 is 10.6 Å². The van der Waals surface area contributed by atoms with Gasteiger partial charge in [-0.25, -0.2) is 17.2 Å². The summed E-state index contributed by atoms with van der Waals surface area (Å²) in [6, 6.07) is 1.92. The molecular formula is C20H29F2N3O5S. The van der Waals surface area contributed by atoms with Gasteiger partial charge in [0.1, 0.15) is 23.2 Å². The second-order valence-electron chi connectivity index (χ2n) is 7.97. The summed E-state index contributed by atoms with van der Waals surface area (Å²) < 4.78 is 59.7. The summed E-state index contributed by atoms with van der Waals surface area (Å²) in [6.07, 6.45) is -0.458. The van der Waals surface area contributed by atoms with Crippen LogP contribution in [0, 0.1) is 17.6 Å². The fourth-order valence-corrected chi connectivity index (χ4v) is 4.86. The van der Waals surface area contributed by atoms with Crippen LogP contribution in [0.1, 0.15) is 38.1 Å². The summed E-state index contributed by atoms with van der Waals surface area (Å²) in [7, 11) is -3.62. The van der Waals surface area contributed by atoms with Gasteiger partial charge in [-0.05, 0) is 31.9 Å². The summed E-state index contributed by atoms with van der Waals surface area (Å²) in [5, 5.41) is 4.82. The minimum atomic E-state index is -3.62. The number of carbonyl (C=O) groups is 2. The van der Waals surface area contributed by atoms with E-state index in [1.54, 1.807) is 27.7 Å². The zero-order chi connectivity index (χ0) is 23.3. The van der Waals surface area contributed by atoms with Gasteiger partial charge in [-0.15, -0.1) is 0 Å². The first-order chi connectivity index (χ1) is 14.4. The molecule has 11 heteroatoms. The van der Waals surface area contributed by atoms with E-state index in [0.29, 0.717) is 0 Å². The fraction of sp³-hybridized carbons (Fsp3) is 0.600. The molecule has 1 heterocycles. The number of sulfonamides is 1. The highest BCUT2D eigenvalue weighted by molar-refractivity contribution is 7.89. The number of carbonyl (C=O) groups excluding carboxylic acids is 2. The monoisotopic (exact) mass is 461 g/mol. The zero-order valence-corrected chi connectivity index (χ0v) is 18.8. The van der Waals surface area contributed by atoms with Gasteiger partial charge in [-0.3, -0.25) is 9.59 Å². The first-order valence-corrected chi connectivity index (χ1v) is 11.7. The van der Waals surface area contributed by atoms with Gasteiger partial charge in [-0.1, -0.05) is 19.9 Å². The van der Waals surface area contributed by atoms with Crippen LogP contribution in [-0.2, 0) is 19.6 Å². The first kappa shape index (κ1) is 25.2. The standard InChI is InChI=1S/C20H29F2N3O5S/c1-12(2)18(24-19(26)17-15(21)6-5-7-16(17)22)20(27)23-8-9-31(28,29)25-10-13(3)30-14(4)11-25/h5-7,12-14,18H,8-11H2,1-4H3,(H,23,27)(H,24,26). The van der Waals surface area contributed by atoms with Gasteiger partial charge in [-0.2, -0.15) is 4.31 Å². The molecule has 3 atom stereocenters. The first-order valence-electron chi connectivity index (χ1n) is 10.1. The van der Waals surface area contributed by atoms with E-state index in [1.165, 1.54) is 4.31 Å². The Hall–Kier alpha value is -2.11. The van der Waals surface area contributed by atoms with Crippen molar-refractivity contribution in [2.24, 2.45) is 5.92 Å². The lowest BCUT2D eigenvalue weighted by Crippen LogP contribution is -2.52. The average Bonchev–Trinajstić information content (AvgIpc) is 2.64. The van der Waals surface area contributed by atoms with Gasteiger partial charge in [0, 0.05) is 19.6 Å². The maximum absolute atomic E-state index is 13.8. The molecule has 31 heavy (non-hydrogen) atoms. The summed E-state index contributed by atoms with van der Waals surface area (Å²) in [6.45, 7) is 7.17. The molecule has 0 saturated carbocycles. The molecule has 1 fully saturated rings. The molecule has 3 unspecified atom stereocenters. The molecular weight excluding hydrogens is 432 g/mol. The Balaban J connectivity index is 1.97. The van der Waals surface area contributed by atoms with Crippen molar-refractivity contribution in [2.75, 3.05) is 25.4 Å². The van der Waals surface area contributed by atoms with Gasteiger partial charge < -0.3 is 15.4 Å². The minimum Gasteiger partial charge on any atom is -0.373 e. The minimum absolute atomic E-state index is 0.172. The second kappa shape index (κ2) is 10.5. The SMILES string of the molecule is CC1CN(S(=O)(=O)CCNC(=O)C(NC(=O)c2c(F)cccc2F)C(C)C)CC(C)O1. The van der Waals surface area contributed by atoms with Gasteiger partial charge in [0.25, 0.3) is 5.91 Å².